The molecule has 0 radical (unpaired) electrons. The maximum absolute atomic E-state index is 12.4. The van der Waals surface area contributed by atoms with Gasteiger partial charge in [-0.05, 0) is 57.8 Å². The van der Waals surface area contributed by atoms with Crippen LogP contribution in [0.5, 0.6) is 0 Å². The first-order chi connectivity index (χ1) is 9.72. The SMILES string of the molecule is CCOC(=O)C1(NC2CC2)CCCC(OCC2CC2)C1. The second kappa shape index (κ2) is 6.02. The fourth-order valence-corrected chi connectivity index (χ4v) is 3.19. The summed E-state index contributed by atoms with van der Waals surface area (Å²) in [6.07, 6.45) is 9.05. The summed E-state index contributed by atoms with van der Waals surface area (Å²) in [5.74, 6) is 0.719. The largest absolute Gasteiger partial charge is 0.465 e. The highest BCUT2D eigenvalue weighted by Crippen LogP contribution is 2.36. The number of ether oxygens (including phenoxy) is 2. The molecule has 20 heavy (non-hydrogen) atoms. The van der Waals surface area contributed by atoms with E-state index in [1.54, 1.807) is 0 Å². The van der Waals surface area contributed by atoms with Crippen molar-refractivity contribution in [3.63, 3.8) is 0 Å². The lowest BCUT2D eigenvalue weighted by atomic mass is 9.79. The van der Waals surface area contributed by atoms with Crippen LogP contribution >= 0.6 is 0 Å². The first-order valence-electron chi connectivity index (χ1n) is 8.28. The van der Waals surface area contributed by atoms with E-state index in [9.17, 15) is 4.79 Å². The zero-order chi connectivity index (χ0) is 14.0. The minimum atomic E-state index is -0.482. The fraction of sp³-hybridized carbons (Fsp3) is 0.938. The van der Waals surface area contributed by atoms with Crippen LogP contribution in [0.3, 0.4) is 0 Å². The molecule has 0 amide bonds. The quantitative estimate of drug-likeness (QED) is 0.728. The van der Waals surface area contributed by atoms with Crippen molar-refractivity contribution in [1.29, 1.82) is 0 Å². The average molecular weight is 281 g/mol. The monoisotopic (exact) mass is 281 g/mol. The Morgan fingerprint density at radius 1 is 1.25 bits per heavy atom. The molecule has 2 atom stereocenters. The van der Waals surface area contributed by atoms with E-state index in [4.69, 9.17) is 9.47 Å². The van der Waals surface area contributed by atoms with Crippen molar-refractivity contribution < 1.29 is 14.3 Å². The maximum Gasteiger partial charge on any atom is 0.326 e. The number of rotatable bonds is 7. The summed E-state index contributed by atoms with van der Waals surface area (Å²) in [6, 6.07) is 0.515. The highest BCUT2D eigenvalue weighted by molar-refractivity contribution is 5.81. The van der Waals surface area contributed by atoms with Gasteiger partial charge in [-0.1, -0.05) is 0 Å². The molecule has 3 aliphatic rings. The number of esters is 1. The Hall–Kier alpha value is -0.610. The van der Waals surface area contributed by atoms with Gasteiger partial charge in [-0.15, -0.1) is 0 Å². The number of nitrogens with one attached hydrogen (secondary N) is 1. The van der Waals surface area contributed by atoms with Gasteiger partial charge in [0.1, 0.15) is 5.54 Å². The van der Waals surface area contributed by atoms with Crippen LogP contribution in [0.25, 0.3) is 0 Å². The second-order valence-corrected chi connectivity index (χ2v) is 6.72. The standard InChI is InChI=1S/C16H27NO3/c1-2-19-15(18)16(17-13-7-8-13)9-3-4-14(10-16)20-11-12-5-6-12/h12-14,17H,2-11H2,1H3. The van der Waals surface area contributed by atoms with E-state index in [2.05, 4.69) is 5.32 Å². The summed E-state index contributed by atoms with van der Waals surface area (Å²) in [5, 5.41) is 3.57. The molecule has 0 spiro atoms. The Morgan fingerprint density at radius 2 is 2.05 bits per heavy atom. The summed E-state index contributed by atoms with van der Waals surface area (Å²) >= 11 is 0. The molecule has 1 N–H and O–H groups in total. The van der Waals surface area contributed by atoms with E-state index < -0.39 is 5.54 Å². The average Bonchev–Trinajstić information content (AvgIpc) is 3.32. The van der Waals surface area contributed by atoms with Crippen LogP contribution in [0.2, 0.25) is 0 Å². The first-order valence-corrected chi connectivity index (χ1v) is 8.28. The van der Waals surface area contributed by atoms with Crippen LogP contribution in [0, 0.1) is 5.92 Å². The van der Waals surface area contributed by atoms with Crippen molar-refractivity contribution in [1.82, 2.24) is 5.32 Å². The van der Waals surface area contributed by atoms with Gasteiger partial charge in [0.05, 0.1) is 12.7 Å². The molecule has 0 aromatic carbocycles. The highest BCUT2D eigenvalue weighted by Gasteiger charge is 2.47. The summed E-state index contributed by atoms with van der Waals surface area (Å²) in [7, 11) is 0. The van der Waals surface area contributed by atoms with Gasteiger partial charge in [0.2, 0.25) is 0 Å². The van der Waals surface area contributed by atoms with Gasteiger partial charge in [-0.3, -0.25) is 10.1 Å². The van der Waals surface area contributed by atoms with E-state index in [0.717, 1.165) is 38.2 Å². The smallest absolute Gasteiger partial charge is 0.326 e. The molecular formula is C16H27NO3. The predicted octanol–water partition coefficient (Wildman–Crippen LogP) is 2.41. The van der Waals surface area contributed by atoms with Crippen LogP contribution in [-0.4, -0.2) is 36.9 Å². The summed E-state index contributed by atoms with van der Waals surface area (Å²) in [6.45, 7) is 3.22. The molecule has 4 nitrogen and oxygen atoms in total. The molecule has 3 fully saturated rings. The molecule has 0 aromatic rings. The molecule has 0 aliphatic heterocycles. The lowest BCUT2D eigenvalue weighted by Gasteiger charge is -2.39. The summed E-state index contributed by atoms with van der Waals surface area (Å²) < 4.78 is 11.4. The lowest BCUT2D eigenvalue weighted by Crippen LogP contribution is -2.57. The van der Waals surface area contributed by atoms with Gasteiger partial charge in [-0.25, -0.2) is 0 Å². The van der Waals surface area contributed by atoms with Crippen LogP contribution in [0.4, 0.5) is 0 Å². The zero-order valence-corrected chi connectivity index (χ0v) is 12.5. The minimum absolute atomic E-state index is 0.0633. The van der Waals surface area contributed by atoms with E-state index in [-0.39, 0.29) is 12.1 Å². The van der Waals surface area contributed by atoms with Crippen molar-refractivity contribution in [3.05, 3.63) is 0 Å². The number of carbonyl (C=O) groups is 1. The minimum Gasteiger partial charge on any atom is -0.465 e. The lowest BCUT2D eigenvalue weighted by molar-refractivity contribution is -0.155. The van der Waals surface area contributed by atoms with E-state index in [1.165, 1.54) is 25.7 Å². The molecule has 3 aliphatic carbocycles. The third-order valence-electron chi connectivity index (χ3n) is 4.69. The predicted molar refractivity (Wildman–Crippen MR) is 76.5 cm³/mol. The van der Waals surface area contributed by atoms with Crippen molar-refractivity contribution in [3.8, 4) is 0 Å². The molecule has 0 saturated heterocycles. The van der Waals surface area contributed by atoms with E-state index in [1.807, 2.05) is 6.92 Å². The first kappa shape index (κ1) is 14.3. The summed E-state index contributed by atoms with van der Waals surface area (Å²) in [4.78, 5) is 12.4. The Balaban J connectivity index is 1.61. The van der Waals surface area contributed by atoms with Gasteiger partial charge in [0.15, 0.2) is 0 Å². The third-order valence-corrected chi connectivity index (χ3v) is 4.69. The van der Waals surface area contributed by atoms with Crippen LogP contribution in [0.1, 0.15) is 58.3 Å². The molecule has 0 aromatic heterocycles. The number of hydrogen-bond donors (Lipinski definition) is 1. The molecule has 3 rings (SSSR count). The van der Waals surface area contributed by atoms with Crippen molar-refractivity contribution in [2.24, 2.45) is 5.92 Å². The fourth-order valence-electron chi connectivity index (χ4n) is 3.19. The number of carbonyl (C=O) groups excluding carboxylic acids is 1. The van der Waals surface area contributed by atoms with E-state index in [0.29, 0.717) is 12.6 Å². The van der Waals surface area contributed by atoms with Gasteiger partial charge in [-0.2, -0.15) is 0 Å². The Bertz CT molecular complexity index is 352. The molecule has 0 bridgehead atoms. The highest BCUT2D eigenvalue weighted by atomic mass is 16.5. The Morgan fingerprint density at radius 3 is 2.70 bits per heavy atom. The molecule has 2 unspecified atom stereocenters. The molecule has 4 heteroatoms. The molecule has 3 saturated carbocycles. The molecule has 114 valence electrons. The summed E-state index contributed by atoms with van der Waals surface area (Å²) in [5.41, 5.74) is -0.482. The van der Waals surface area contributed by atoms with Gasteiger partial charge < -0.3 is 9.47 Å². The third kappa shape index (κ3) is 3.53. The van der Waals surface area contributed by atoms with Gasteiger partial charge >= 0.3 is 5.97 Å². The molecular weight excluding hydrogens is 254 g/mol. The van der Waals surface area contributed by atoms with Crippen molar-refractivity contribution in [2.75, 3.05) is 13.2 Å². The van der Waals surface area contributed by atoms with Crippen LogP contribution in [0.15, 0.2) is 0 Å². The van der Waals surface area contributed by atoms with Gasteiger partial charge in [0, 0.05) is 19.1 Å². The van der Waals surface area contributed by atoms with E-state index >= 15 is 0 Å². The van der Waals surface area contributed by atoms with Crippen molar-refractivity contribution >= 4 is 5.97 Å². The van der Waals surface area contributed by atoms with Crippen LogP contribution < -0.4 is 5.32 Å². The number of hydrogen-bond acceptors (Lipinski definition) is 4. The van der Waals surface area contributed by atoms with Crippen molar-refractivity contribution in [2.45, 2.75) is 76.0 Å². The Kier molecular flexibility index (Phi) is 4.32. The second-order valence-electron chi connectivity index (χ2n) is 6.72. The topological polar surface area (TPSA) is 47.6 Å². The molecule has 0 heterocycles. The Labute approximate surface area is 121 Å². The maximum atomic E-state index is 12.4. The van der Waals surface area contributed by atoms with Crippen LogP contribution in [-0.2, 0) is 14.3 Å². The zero-order valence-electron chi connectivity index (χ0n) is 12.5. The normalized spacial score (nSPS) is 34.0. The van der Waals surface area contributed by atoms with Gasteiger partial charge in [0.25, 0.3) is 0 Å².